The van der Waals surface area contributed by atoms with E-state index in [0.717, 1.165) is 0 Å². The Bertz CT molecular complexity index is 577. The quantitative estimate of drug-likeness (QED) is 0.800. The van der Waals surface area contributed by atoms with Crippen molar-refractivity contribution in [3.8, 4) is 0 Å². The second-order valence-electron chi connectivity index (χ2n) is 4.48. The van der Waals surface area contributed by atoms with E-state index in [1.807, 2.05) is 0 Å². The summed E-state index contributed by atoms with van der Waals surface area (Å²) in [6, 6.07) is 2.38. The highest BCUT2D eigenvalue weighted by Gasteiger charge is 2.29. The van der Waals surface area contributed by atoms with Crippen LogP contribution in [-0.4, -0.2) is 32.5 Å². The molecule has 1 aromatic rings. The Morgan fingerprint density at radius 2 is 2.17 bits per heavy atom. The van der Waals surface area contributed by atoms with Crippen molar-refractivity contribution in [2.45, 2.75) is 13.0 Å². The Hall–Kier alpha value is -1.01. The van der Waals surface area contributed by atoms with Crippen molar-refractivity contribution in [2.75, 3.05) is 28.7 Å². The Balaban J connectivity index is 2.36. The summed E-state index contributed by atoms with van der Waals surface area (Å²) in [5.74, 6) is -0.445. The smallest absolute Gasteiger partial charge is 0.154 e. The molecule has 0 saturated carbocycles. The molecule has 2 rings (SSSR count). The van der Waals surface area contributed by atoms with Gasteiger partial charge in [0, 0.05) is 18.7 Å². The molecule has 0 amide bonds. The predicted molar refractivity (Wildman–Crippen MR) is 71.3 cm³/mol. The fourth-order valence-corrected chi connectivity index (χ4v) is 3.89. The first-order valence-electron chi connectivity index (χ1n) is 5.52. The molecule has 0 radical (unpaired) electrons. The van der Waals surface area contributed by atoms with Gasteiger partial charge in [-0.15, -0.1) is 0 Å². The molecule has 1 atom stereocenters. The molecule has 1 unspecified atom stereocenters. The van der Waals surface area contributed by atoms with Gasteiger partial charge in [-0.3, -0.25) is 0 Å². The van der Waals surface area contributed by atoms with Crippen molar-refractivity contribution in [3.05, 3.63) is 23.0 Å². The van der Waals surface area contributed by atoms with E-state index in [1.165, 1.54) is 12.1 Å². The van der Waals surface area contributed by atoms with Gasteiger partial charge in [0.25, 0.3) is 0 Å². The van der Waals surface area contributed by atoms with Gasteiger partial charge in [0.15, 0.2) is 9.84 Å². The van der Waals surface area contributed by atoms with Crippen LogP contribution >= 0.6 is 11.6 Å². The van der Waals surface area contributed by atoms with Gasteiger partial charge in [-0.25, -0.2) is 12.8 Å². The zero-order valence-electron chi connectivity index (χ0n) is 9.86. The van der Waals surface area contributed by atoms with Crippen molar-refractivity contribution in [1.29, 1.82) is 0 Å². The average Bonchev–Trinajstić information content (AvgIpc) is 2.23. The molecule has 2 N–H and O–H groups in total. The molecule has 1 aromatic carbocycles. The van der Waals surface area contributed by atoms with Crippen LogP contribution in [0.4, 0.5) is 15.8 Å². The minimum Gasteiger partial charge on any atom is -0.397 e. The van der Waals surface area contributed by atoms with Crippen molar-refractivity contribution >= 4 is 32.8 Å². The number of hydrogen-bond donors (Lipinski definition) is 1. The van der Waals surface area contributed by atoms with Gasteiger partial charge in [0.05, 0.1) is 27.9 Å². The number of nitrogens with two attached hydrogens (primary N) is 1. The molecule has 7 heteroatoms. The number of halogens is 2. The highest BCUT2D eigenvalue weighted by Crippen LogP contribution is 2.31. The van der Waals surface area contributed by atoms with Crippen molar-refractivity contribution in [3.63, 3.8) is 0 Å². The summed E-state index contributed by atoms with van der Waals surface area (Å²) in [5, 5.41) is -0.0338. The Kier molecular flexibility index (Phi) is 3.42. The molecule has 0 aromatic heterocycles. The first-order valence-corrected chi connectivity index (χ1v) is 7.71. The topological polar surface area (TPSA) is 63.4 Å². The van der Waals surface area contributed by atoms with E-state index in [0.29, 0.717) is 17.9 Å². The van der Waals surface area contributed by atoms with Gasteiger partial charge in [-0.1, -0.05) is 11.6 Å². The summed E-state index contributed by atoms with van der Waals surface area (Å²) in [4.78, 5) is 1.80. The average molecular weight is 293 g/mol. The number of anilines is 2. The number of benzene rings is 1. The van der Waals surface area contributed by atoms with Crippen LogP contribution < -0.4 is 10.6 Å². The summed E-state index contributed by atoms with van der Waals surface area (Å²) >= 11 is 5.64. The van der Waals surface area contributed by atoms with Crippen LogP contribution in [0.5, 0.6) is 0 Å². The molecule has 0 spiro atoms. The molecule has 1 saturated heterocycles. The zero-order chi connectivity index (χ0) is 13.5. The highest BCUT2D eigenvalue weighted by molar-refractivity contribution is 7.91. The summed E-state index contributed by atoms with van der Waals surface area (Å²) < 4.78 is 36.4. The van der Waals surface area contributed by atoms with Crippen LogP contribution in [0.25, 0.3) is 0 Å². The second-order valence-corrected chi connectivity index (χ2v) is 7.12. The lowest BCUT2D eigenvalue weighted by Gasteiger charge is -2.35. The number of nitrogens with zero attached hydrogens (tertiary/aromatic N) is 1. The molecule has 1 heterocycles. The minimum absolute atomic E-state index is 0.0338. The third kappa shape index (κ3) is 2.54. The standard InChI is InChI=1S/C11H14ClFN2O2S/c1-7-6-18(16,17)3-2-15(7)11-5-9(13)8(12)4-10(11)14/h4-5,7H,2-3,6,14H2,1H3. The van der Waals surface area contributed by atoms with Gasteiger partial charge in [-0.05, 0) is 13.0 Å². The van der Waals surface area contributed by atoms with Crippen LogP contribution in [0.3, 0.4) is 0 Å². The predicted octanol–water partition coefficient (Wildman–Crippen LogP) is 1.68. The van der Waals surface area contributed by atoms with Gasteiger partial charge in [0.2, 0.25) is 0 Å². The van der Waals surface area contributed by atoms with Crippen molar-refractivity contribution < 1.29 is 12.8 Å². The lowest BCUT2D eigenvalue weighted by atomic mass is 10.2. The fraction of sp³-hybridized carbons (Fsp3) is 0.455. The highest BCUT2D eigenvalue weighted by atomic mass is 35.5. The largest absolute Gasteiger partial charge is 0.397 e. The summed E-state index contributed by atoms with van der Waals surface area (Å²) in [7, 11) is -3.01. The summed E-state index contributed by atoms with van der Waals surface area (Å²) in [6.45, 7) is 2.09. The maximum absolute atomic E-state index is 13.5. The maximum Gasteiger partial charge on any atom is 0.154 e. The van der Waals surface area contributed by atoms with E-state index in [9.17, 15) is 12.8 Å². The van der Waals surface area contributed by atoms with Gasteiger partial charge >= 0.3 is 0 Å². The molecule has 4 nitrogen and oxygen atoms in total. The molecule has 100 valence electrons. The SMILES string of the molecule is CC1CS(=O)(=O)CCN1c1cc(F)c(Cl)cc1N. The van der Waals surface area contributed by atoms with Crippen LogP contribution in [-0.2, 0) is 9.84 Å². The molecule has 0 aliphatic carbocycles. The van der Waals surface area contributed by atoms with Crippen LogP contribution in [0, 0.1) is 5.82 Å². The molecule has 0 bridgehead atoms. The molecule has 1 aliphatic heterocycles. The first kappa shape index (κ1) is 13.4. The Morgan fingerprint density at radius 3 is 2.78 bits per heavy atom. The minimum atomic E-state index is -3.01. The molecular weight excluding hydrogens is 279 g/mol. The third-order valence-electron chi connectivity index (χ3n) is 3.05. The number of rotatable bonds is 1. The summed E-state index contributed by atoms with van der Waals surface area (Å²) in [5.41, 5.74) is 6.66. The third-order valence-corrected chi connectivity index (χ3v) is 5.13. The van der Waals surface area contributed by atoms with E-state index in [2.05, 4.69) is 0 Å². The van der Waals surface area contributed by atoms with E-state index in [4.69, 9.17) is 17.3 Å². The van der Waals surface area contributed by atoms with Crippen molar-refractivity contribution in [2.24, 2.45) is 0 Å². The van der Waals surface area contributed by atoms with Crippen LogP contribution in [0.1, 0.15) is 6.92 Å². The van der Waals surface area contributed by atoms with Gasteiger partial charge in [-0.2, -0.15) is 0 Å². The van der Waals surface area contributed by atoms with Gasteiger partial charge in [0.1, 0.15) is 5.82 Å². The lowest BCUT2D eigenvalue weighted by molar-refractivity contribution is 0.567. The van der Waals surface area contributed by atoms with Crippen molar-refractivity contribution in [1.82, 2.24) is 0 Å². The van der Waals surface area contributed by atoms with Gasteiger partial charge < -0.3 is 10.6 Å². The number of sulfone groups is 1. The molecule has 1 aliphatic rings. The number of hydrogen-bond acceptors (Lipinski definition) is 4. The summed E-state index contributed by atoms with van der Waals surface area (Å²) in [6.07, 6.45) is 0. The van der Waals surface area contributed by atoms with E-state index < -0.39 is 15.7 Å². The molecular formula is C11H14ClFN2O2S. The second kappa shape index (κ2) is 4.59. The van der Waals surface area contributed by atoms with E-state index >= 15 is 0 Å². The maximum atomic E-state index is 13.5. The monoisotopic (exact) mass is 292 g/mol. The van der Waals surface area contributed by atoms with E-state index in [-0.39, 0.29) is 22.6 Å². The lowest BCUT2D eigenvalue weighted by Crippen LogP contribution is -2.47. The zero-order valence-corrected chi connectivity index (χ0v) is 11.4. The normalized spacial score (nSPS) is 23.1. The Morgan fingerprint density at radius 1 is 1.50 bits per heavy atom. The van der Waals surface area contributed by atoms with Crippen LogP contribution in [0.2, 0.25) is 5.02 Å². The fourth-order valence-electron chi connectivity index (χ4n) is 2.16. The molecule has 1 fully saturated rings. The van der Waals surface area contributed by atoms with Crippen LogP contribution in [0.15, 0.2) is 12.1 Å². The molecule has 18 heavy (non-hydrogen) atoms. The Labute approximate surface area is 110 Å². The first-order chi connectivity index (χ1) is 8.30. The number of nitrogen functional groups attached to an aromatic ring is 1. The van der Waals surface area contributed by atoms with E-state index in [1.54, 1.807) is 11.8 Å².